The van der Waals surface area contributed by atoms with Crippen molar-refractivity contribution in [2.24, 2.45) is 17.1 Å². The zero-order chi connectivity index (χ0) is 13.2. The van der Waals surface area contributed by atoms with E-state index < -0.39 is 6.10 Å². The van der Waals surface area contributed by atoms with E-state index in [-0.39, 0.29) is 11.2 Å². The van der Waals surface area contributed by atoms with Crippen LogP contribution in [0, 0.1) is 17.2 Å². The van der Waals surface area contributed by atoms with Crippen LogP contribution < -0.4 is 5.73 Å². The second-order valence-electron chi connectivity index (χ2n) is 5.72. The average Bonchev–Trinajstić information content (AvgIpc) is 2.38. The van der Waals surface area contributed by atoms with E-state index in [4.69, 9.17) is 5.73 Å². The second kappa shape index (κ2) is 5.37. The number of aliphatic hydroxyl groups excluding tert-OH is 1. The minimum absolute atomic E-state index is 0.241. The molecule has 100 valence electrons. The van der Waals surface area contributed by atoms with E-state index in [0.717, 1.165) is 24.8 Å². The number of halogens is 1. The summed E-state index contributed by atoms with van der Waals surface area (Å²) in [7, 11) is 0. The Labute approximate surface area is 108 Å². The predicted molar refractivity (Wildman–Crippen MR) is 70.5 cm³/mol. The lowest BCUT2D eigenvalue weighted by Crippen LogP contribution is -2.40. The van der Waals surface area contributed by atoms with Gasteiger partial charge in [-0.1, -0.05) is 31.9 Å². The Kier molecular flexibility index (Phi) is 4.03. The topological polar surface area (TPSA) is 46.2 Å². The van der Waals surface area contributed by atoms with Crippen molar-refractivity contribution in [2.45, 2.75) is 38.7 Å². The summed E-state index contributed by atoms with van der Waals surface area (Å²) in [4.78, 5) is 0. The minimum Gasteiger partial charge on any atom is -0.388 e. The van der Waals surface area contributed by atoms with Gasteiger partial charge in [0.2, 0.25) is 0 Å². The molecule has 3 N–H and O–H groups in total. The third-order valence-electron chi connectivity index (χ3n) is 4.30. The van der Waals surface area contributed by atoms with Gasteiger partial charge in [-0.05, 0) is 36.5 Å². The molecule has 2 nitrogen and oxygen atoms in total. The van der Waals surface area contributed by atoms with Gasteiger partial charge in [-0.3, -0.25) is 0 Å². The molecule has 1 aliphatic carbocycles. The monoisotopic (exact) mass is 251 g/mol. The summed E-state index contributed by atoms with van der Waals surface area (Å²) in [6, 6.07) is 6.12. The van der Waals surface area contributed by atoms with Crippen LogP contribution in [0.1, 0.15) is 44.3 Å². The summed E-state index contributed by atoms with van der Waals surface area (Å²) >= 11 is 0. The summed E-state index contributed by atoms with van der Waals surface area (Å²) in [6.45, 7) is 2.69. The minimum atomic E-state index is -0.592. The zero-order valence-corrected chi connectivity index (χ0v) is 10.9. The van der Waals surface area contributed by atoms with E-state index in [2.05, 4.69) is 6.92 Å². The van der Waals surface area contributed by atoms with E-state index in [1.165, 1.54) is 18.6 Å². The van der Waals surface area contributed by atoms with Crippen LogP contribution >= 0.6 is 0 Å². The Balaban J connectivity index is 2.23. The van der Waals surface area contributed by atoms with Gasteiger partial charge in [-0.25, -0.2) is 4.39 Å². The van der Waals surface area contributed by atoms with E-state index >= 15 is 0 Å². The highest BCUT2D eigenvalue weighted by atomic mass is 19.1. The maximum absolute atomic E-state index is 12.9. The summed E-state index contributed by atoms with van der Waals surface area (Å²) in [5.74, 6) is 0.321. The van der Waals surface area contributed by atoms with E-state index in [0.29, 0.717) is 12.5 Å². The molecular weight excluding hydrogens is 229 g/mol. The Hall–Kier alpha value is -0.930. The van der Waals surface area contributed by atoms with Gasteiger partial charge in [0.25, 0.3) is 0 Å². The van der Waals surface area contributed by atoms with Crippen LogP contribution in [0.25, 0.3) is 0 Å². The molecule has 0 heterocycles. The highest BCUT2D eigenvalue weighted by Gasteiger charge is 2.40. The third-order valence-corrected chi connectivity index (χ3v) is 4.30. The Morgan fingerprint density at radius 2 is 2.11 bits per heavy atom. The summed E-state index contributed by atoms with van der Waals surface area (Å²) in [5, 5.41) is 10.6. The van der Waals surface area contributed by atoms with Crippen LogP contribution in [-0.2, 0) is 0 Å². The highest BCUT2D eigenvalue weighted by Crippen LogP contribution is 2.47. The van der Waals surface area contributed by atoms with Gasteiger partial charge in [0, 0.05) is 12.0 Å². The average molecular weight is 251 g/mol. The lowest BCUT2D eigenvalue weighted by atomic mass is 9.65. The molecule has 3 atom stereocenters. The normalized spacial score (nSPS) is 30.1. The number of hydrogen-bond donors (Lipinski definition) is 2. The number of aliphatic hydroxyl groups is 1. The van der Waals surface area contributed by atoms with Crippen molar-refractivity contribution in [3.63, 3.8) is 0 Å². The largest absolute Gasteiger partial charge is 0.388 e. The first-order valence-corrected chi connectivity index (χ1v) is 6.71. The number of hydrogen-bond acceptors (Lipinski definition) is 2. The van der Waals surface area contributed by atoms with Gasteiger partial charge in [0.05, 0.1) is 6.10 Å². The second-order valence-corrected chi connectivity index (χ2v) is 5.72. The zero-order valence-electron chi connectivity index (χ0n) is 10.9. The van der Waals surface area contributed by atoms with Crippen molar-refractivity contribution in [3.05, 3.63) is 35.6 Å². The molecule has 0 spiro atoms. The summed E-state index contributed by atoms with van der Waals surface area (Å²) in [5.41, 5.74) is 6.47. The molecule has 3 unspecified atom stereocenters. The molecule has 0 aliphatic heterocycles. The molecule has 0 aromatic heterocycles. The molecule has 0 saturated heterocycles. The predicted octanol–water partition coefficient (Wildman–Crippen LogP) is 3.01. The van der Waals surface area contributed by atoms with E-state index in [1.807, 2.05) is 0 Å². The van der Waals surface area contributed by atoms with Gasteiger partial charge in [-0.15, -0.1) is 0 Å². The lowest BCUT2D eigenvalue weighted by molar-refractivity contribution is -0.0131. The standard InChI is InChI=1S/C15H22FNO/c1-11-3-2-8-15(9-11,10-17)14(18)12-4-6-13(16)7-5-12/h4-7,11,14,18H,2-3,8-10,17H2,1H3. The molecule has 3 heteroatoms. The number of benzene rings is 1. The van der Waals surface area contributed by atoms with Crippen molar-refractivity contribution in [3.8, 4) is 0 Å². The Morgan fingerprint density at radius 1 is 1.44 bits per heavy atom. The first-order valence-electron chi connectivity index (χ1n) is 6.71. The maximum atomic E-state index is 12.9. The van der Waals surface area contributed by atoms with Crippen LogP contribution in [0.4, 0.5) is 4.39 Å². The molecule has 0 bridgehead atoms. The summed E-state index contributed by atoms with van der Waals surface area (Å²) < 4.78 is 12.9. The summed E-state index contributed by atoms with van der Waals surface area (Å²) in [6.07, 6.45) is 3.62. The van der Waals surface area contributed by atoms with Crippen molar-refractivity contribution in [1.82, 2.24) is 0 Å². The highest BCUT2D eigenvalue weighted by molar-refractivity contribution is 5.21. The molecule has 1 aromatic rings. The molecular formula is C15H22FNO. The lowest BCUT2D eigenvalue weighted by Gasteiger charge is -2.43. The molecule has 1 fully saturated rings. The van der Waals surface area contributed by atoms with Gasteiger partial charge >= 0.3 is 0 Å². The third kappa shape index (κ3) is 2.57. The Morgan fingerprint density at radius 3 is 2.67 bits per heavy atom. The van der Waals surface area contributed by atoms with Gasteiger partial charge in [-0.2, -0.15) is 0 Å². The van der Waals surface area contributed by atoms with Crippen LogP contribution in [0.5, 0.6) is 0 Å². The fourth-order valence-electron chi connectivity index (χ4n) is 3.24. The molecule has 1 saturated carbocycles. The van der Waals surface area contributed by atoms with Crippen LogP contribution in [-0.4, -0.2) is 11.7 Å². The van der Waals surface area contributed by atoms with Crippen LogP contribution in [0.3, 0.4) is 0 Å². The van der Waals surface area contributed by atoms with Crippen molar-refractivity contribution < 1.29 is 9.50 Å². The molecule has 1 aromatic carbocycles. The van der Waals surface area contributed by atoms with E-state index in [9.17, 15) is 9.50 Å². The van der Waals surface area contributed by atoms with Gasteiger partial charge < -0.3 is 10.8 Å². The van der Waals surface area contributed by atoms with Gasteiger partial charge in [0.15, 0.2) is 0 Å². The van der Waals surface area contributed by atoms with Crippen molar-refractivity contribution in [2.75, 3.05) is 6.54 Å². The molecule has 0 amide bonds. The first kappa shape index (κ1) is 13.5. The quantitative estimate of drug-likeness (QED) is 0.867. The maximum Gasteiger partial charge on any atom is 0.123 e. The molecule has 1 aliphatic rings. The first-order chi connectivity index (χ1) is 8.57. The number of nitrogens with two attached hydrogens (primary N) is 1. The fourth-order valence-corrected chi connectivity index (χ4v) is 3.24. The van der Waals surface area contributed by atoms with Gasteiger partial charge in [0.1, 0.15) is 5.82 Å². The molecule has 0 radical (unpaired) electrons. The Bertz CT molecular complexity index is 392. The van der Waals surface area contributed by atoms with Crippen molar-refractivity contribution >= 4 is 0 Å². The SMILES string of the molecule is CC1CCCC(CN)(C(O)c2ccc(F)cc2)C1. The molecule has 18 heavy (non-hydrogen) atoms. The number of rotatable bonds is 3. The molecule has 2 rings (SSSR count). The van der Waals surface area contributed by atoms with Crippen LogP contribution in [0.15, 0.2) is 24.3 Å². The van der Waals surface area contributed by atoms with Crippen LogP contribution in [0.2, 0.25) is 0 Å². The fraction of sp³-hybridized carbons (Fsp3) is 0.600. The van der Waals surface area contributed by atoms with Crippen molar-refractivity contribution in [1.29, 1.82) is 0 Å². The smallest absolute Gasteiger partial charge is 0.123 e. The van der Waals surface area contributed by atoms with E-state index in [1.54, 1.807) is 12.1 Å².